The van der Waals surface area contributed by atoms with Gasteiger partial charge in [0.1, 0.15) is 11.5 Å². The molecule has 0 aliphatic carbocycles. The number of carbonyl (C=O) groups excluding carboxylic acids is 2. The molecule has 0 saturated carbocycles. The number of thiophene rings is 1. The van der Waals surface area contributed by atoms with Gasteiger partial charge in [-0.15, -0.1) is 11.3 Å². The summed E-state index contributed by atoms with van der Waals surface area (Å²) < 4.78 is 30.8. The predicted molar refractivity (Wildman–Crippen MR) is 109 cm³/mol. The number of rotatable bonds is 5. The maximum absolute atomic E-state index is 12.5. The van der Waals surface area contributed by atoms with Crippen LogP contribution in [0.3, 0.4) is 0 Å². The summed E-state index contributed by atoms with van der Waals surface area (Å²) in [7, 11) is -3.23. The highest BCUT2D eigenvalue weighted by molar-refractivity contribution is 9.10. The largest absolute Gasteiger partial charge is 0.462 e. The highest BCUT2D eigenvalue weighted by atomic mass is 79.9. The molecule has 2 aromatic heterocycles. The molecule has 8 nitrogen and oxygen atoms in total. The molecule has 1 aliphatic heterocycles. The number of nitrogens with zero attached hydrogens (tertiary/aromatic N) is 1. The lowest BCUT2D eigenvalue weighted by atomic mass is 10.1. The summed E-state index contributed by atoms with van der Waals surface area (Å²) in [4.78, 5) is 37.3. The van der Waals surface area contributed by atoms with Crippen molar-refractivity contribution in [2.45, 2.75) is 25.6 Å². The van der Waals surface area contributed by atoms with Gasteiger partial charge in [-0.1, -0.05) is 0 Å². The summed E-state index contributed by atoms with van der Waals surface area (Å²) in [5.41, 5.74) is 0.459. The second kappa shape index (κ2) is 8.18. The highest BCUT2D eigenvalue weighted by Crippen LogP contribution is 2.38. The third-order valence-electron chi connectivity index (χ3n) is 4.10. The molecule has 1 amide bonds. The van der Waals surface area contributed by atoms with Crippen LogP contribution in [0.25, 0.3) is 0 Å². The third-order valence-corrected chi connectivity index (χ3v) is 7.45. The van der Waals surface area contributed by atoms with Crippen molar-refractivity contribution >= 4 is 54.0 Å². The maximum atomic E-state index is 12.5. The molecule has 0 atom stereocenters. The lowest BCUT2D eigenvalue weighted by Gasteiger charge is -2.13. The van der Waals surface area contributed by atoms with Crippen molar-refractivity contribution in [3.8, 4) is 0 Å². The molecule has 3 heterocycles. The van der Waals surface area contributed by atoms with E-state index in [-0.39, 0.29) is 47.2 Å². The number of aromatic nitrogens is 1. The predicted octanol–water partition coefficient (Wildman–Crippen LogP) is 1.96. The SMILES string of the molecule is CCOC(=O)c1c(NC(=O)Cn2cc(Br)ccc2=O)sc2c1CCS(=O)(=O)C2. The van der Waals surface area contributed by atoms with Crippen molar-refractivity contribution in [1.82, 2.24) is 4.57 Å². The van der Waals surface area contributed by atoms with Crippen LogP contribution in [0, 0.1) is 0 Å². The van der Waals surface area contributed by atoms with Gasteiger partial charge in [-0.05, 0) is 40.9 Å². The van der Waals surface area contributed by atoms with Crippen LogP contribution < -0.4 is 10.9 Å². The molecule has 150 valence electrons. The molecule has 3 rings (SSSR count). The van der Waals surface area contributed by atoms with E-state index in [0.29, 0.717) is 14.9 Å². The molecule has 0 saturated heterocycles. The summed E-state index contributed by atoms with van der Waals surface area (Å²) in [5, 5.41) is 2.88. The Bertz CT molecular complexity index is 1100. The minimum atomic E-state index is -3.23. The van der Waals surface area contributed by atoms with Gasteiger partial charge < -0.3 is 14.6 Å². The van der Waals surface area contributed by atoms with Crippen LogP contribution >= 0.6 is 27.3 Å². The Balaban J connectivity index is 1.91. The zero-order valence-corrected chi connectivity index (χ0v) is 18.1. The lowest BCUT2D eigenvalue weighted by Crippen LogP contribution is -2.27. The summed E-state index contributed by atoms with van der Waals surface area (Å²) in [6.07, 6.45) is 1.68. The highest BCUT2D eigenvalue weighted by Gasteiger charge is 2.32. The van der Waals surface area contributed by atoms with E-state index in [1.54, 1.807) is 13.0 Å². The molecule has 0 fully saturated rings. The normalized spacial score (nSPS) is 14.9. The van der Waals surface area contributed by atoms with Gasteiger partial charge in [0.05, 0.1) is 23.7 Å². The Kier molecular flexibility index (Phi) is 6.06. The number of sulfone groups is 1. The molecule has 2 aromatic rings. The second-order valence-electron chi connectivity index (χ2n) is 6.13. The Hall–Kier alpha value is -1.98. The monoisotopic (exact) mass is 488 g/mol. The molecule has 11 heteroatoms. The minimum Gasteiger partial charge on any atom is -0.462 e. The number of esters is 1. The van der Waals surface area contributed by atoms with Crippen molar-refractivity contribution in [1.29, 1.82) is 0 Å². The smallest absolute Gasteiger partial charge is 0.341 e. The Morgan fingerprint density at radius 3 is 2.82 bits per heavy atom. The molecule has 0 spiro atoms. The number of ether oxygens (including phenoxy) is 1. The fourth-order valence-corrected chi connectivity index (χ4v) is 6.31. The maximum Gasteiger partial charge on any atom is 0.341 e. The quantitative estimate of drug-likeness (QED) is 0.643. The topological polar surface area (TPSA) is 112 Å². The van der Waals surface area contributed by atoms with Crippen molar-refractivity contribution in [2.75, 3.05) is 17.7 Å². The number of fused-ring (bicyclic) bond motifs is 1. The van der Waals surface area contributed by atoms with Gasteiger partial charge in [0.25, 0.3) is 5.56 Å². The Morgan fingerprint density at radius 2 is 2.11 bits per heavy atom. The first-order chi connectivity index (χ1) is 13.2. The third kappa shape index (κ3) is 4.53. The summed E-state index contributed by atoms with van der Waals surface area (Å²) in [6.45, 7) is 1.57. The average molecular weight is 489 g/mol. The Morgan fingerprint density at radius 1 is 1.36 bits per heavy atom. The van der Waals surface area contributed by atoms with E-state index in [4.69, 9.17) is 4.74 Å². The number of carbonyl (C=O) groups is 2. The molecule has 0 aromatic carbocycles. The first kappa shape index (κ1) is 20.7. The molecule has 28 heavy (non-hydrogen) atoms. The Labute approximate surface area is 173 Å². The first-order valence-electron chi connectivity index (χ1n) is 8.38. The van der Waals surface area contributed by atoms with Crippen molar-refractivity contribution in [3.63, 3.8) is 0 Å². The van der Waals surface area contributed by atoms with E-state index < -0.39 is 21.7 Å². The van der Waals surface area contributed by atoms with Gasteiger partial charge in [-0.2, -0.15) is 0 Å². The van der Waals surface area contributed by atoms with Crippen molar-refractivity contribution < 1.29 is 22.7 Å². The number of anilines is 1. The van der Waals surface area contributed by atoms with E-state index >= 15 is 0 Å². The molecule has 0 bridgehead atoms. The standard InChI is InChI=1S/C17H17BrN2O6S2/c1-2-26-17(23)15-11-5-6-28(24,25)9-12(11)27-16(15)19-13(21)8-20-7-10(18)3-4-14(20)22/h3-4,7H,2,5-6,8-9H2,1H3,(H,19,21). The summed E-state index contributed by atoms with van der Waals surface area (Å²) >= 11 is 4.30. The molecular formula is C17H17BrN2O6S2. The van der Waals surface area contributed by atoms with Crippen molar-refractivity contribution in [3.05, 3.63) is 49.2 Å². The zero-order valence-electron chi connectivity index (χ0n) is 14.9. The molecular weight excluding hydrogens is 472 g/mol. The van der Waals surface area contributed by atoms with Gasteiger partial charge in [0.2, 0.25) is 5.91 Å². The lowest BCUT2D eigenvalue weighted by molar-refractivity contribution is -0.116. The van der Waals surface area contributed by atoms with E-state index in [2.05, 4.69) is 21.2 Å². The van der Waals surface area contributed by atoms with E-state index in [1.807, 2.05) is 0 Å². The first-order valence-corrected chi connectivity index (χ1v) is 11.8. The fraction of sp³-hybridized carbons (Fsp3) is 0.353. The van der Waals surface area contributed by atoms with Crippen LogP contribution in [-0.4, -0.2) is 37.2 Å². The van der Waals surface area contributed by atoms with Crippen LogP contribution in [0.2, 0.25) is 0 Å². The number of halogens is 1. The molecule has 1 aliphatic rings. The van der Waals surface area contributed by atoms with E-state index in [0.717, 1.165) is 11.3 Å². The number of hydrogen-bond donors (Lipinski definition) is 1. The van der Waals surface area contributed by atoms with Gasteiger partial charge in [-0.25, -0.2) is 13.2 Å². The van der Waals surface area contributed by atoms with Crippen LogP contribution in [0.5, 0.6) is 0 Å². The van der Waals surface area contributed by atoms with Gasteiger partial charge in [0, 0.05) is 21.6 Å². The van der Waals surface area contributed by atoms with Gasteiger partial charge in [0.15, 0.2) is 9.84 Å². The zero-order chi connectivity index (χ0) is 20.5. The number of pyridine rings is 1. The number of nitrogens with one attached hydrogen (secondary N) is 1. The van der Waals surface area contributed by atoms with Crippen LogP contribution in [0.1, 0.15) is 27.7 Å². The second-order valence-corrected chi connectivity index (χ2v) is 10.3. The van der Waals surface area contributed by atoms with E-state index in [9.17, 15) is 22.8 Å². The molecule has 0 radical (unpaired) electrons. The molecule has 0 unspecified atom stereocenters. The van der Waals surface area contributed by atoms with Crippen molar-refractivity contribution in [2.24, 2.45) is 0 Å². The minimum absolute atomic E-state index is 0.0516. The van der Waals surface area contributed by atoms with Crippen LogP contribution in [-0.2, 0) is 38.1 Å². The van der Waals surface area contributed by atoms with Crippen LogP contribution in [0.4, 0.5) is 5.00 Å². The number of hydrogen-bond acceptors (Lipinski definition) is 7. The van der Waals surface area contributed by atoms with Gasteiger partial charge >= 0.3 is 5.97 Å². The average Bonchev–Trinajstić information content (AvgIpc) is 2.93. The van der Waals surface area contributed by atoms with Crippen LogP contribution in [0.15, 0.2) is 27.6 Å². The number of amides is 1. The summed E-state index contributed by atoms with van der Waals surface area (Å²) in [5.74, 6) is -1.33. The van der Waals surface area contributed by atoms with Gasteiger partial charge in [-0.3, -0.25) is 9.59 Å². The fourth-order valence-electron chi connectivity index (χ4n) is 2.88. The molecule has 1 N–H and O–H groups in total. The van der Waals surface area contributed by atoms with E-state index in [1.165, 1.54) is 16.8 Å². The summed E-state index contributed by atoms with van der Waals surface area (Å²) in [6, 6.07) is 2.90.